The van der Waals surface area contributed by atoms with Crippen LogP contribution in [0.25, 0.3) is 11.4 Å². The molecule has 0 N–H and O–H groups in total. The van der Waals surface area contributed by atoms with Gasteiger partial charge in [0.1, 0.15) is 0 Å². The van der Waals surface area contributed by atoms with Gasteiger partial charge in [-0.2, -0.15) is 0 Å². The Morgan fingerprint density at radius 1 is 1.14 bits per heavy atom. The predicted molar refractivity (Wildman–Crippen MR) is 121 cm³/mol. The van der Waals surface area contributed by atoms with E-state index in [9.17, 15) is 4.79 Å². The summed E-state index contributed by atoms with van der Waals surface area (Å²) in [7, 11) is 0. The fourth-order valence-electron chi connectivity index (χ4n) is 4.55. The molecule has 0 radical (unpaired) electrons. The summed E-state index contributed by atoms with van der Waals surface area (Å²) in [4.78, 5) is 14.9. The van der Waals surface area contributed by atoms with Crippen LogP contribution in [-0.4, -0.2) is 43.9 Å². The van der Waals surface area contributed by atoms with E-state index in [1.807, 2.05) is 17.0 Å². The summed E-state index contributed by atoms with van der Waals surface area (Å²) in [6, 6.07) is 9.01. The molecule has 2 aliphatic rings. The largest absolute Gasteiger partial charge is 0.339 e. The molecule has 1 unspecified atom stereocenters. The summed E-state index contributed by atoms with van der Waals surface area (Å²) in [5.41, 5.74) is 1.07. The maximum absolute atomic E-state index is 12.8. The molecule has 7 heteroatoms. The standard InChI is InChI=1S/C22H29BrN4OS/c1-16-8-5-6-13-26(16)20(28)15-29-22-25-24-21(17-9-7-10-18(23)14-17)27(22)19-11-3-2-4-12-19/h7,9-10,14,16,19H,2-6,8,11-13,15H2,1H3. The van der Waals surface area contributed by atoms with Gasteiger partial charge in [0.15, 0.2) is 11.0 Å². The first-order valence-electron chi connectivity index (χ1n) is 10.8. The van der Waals surface area contributed by atoms with Crippen molar-refractivity contribution in [2.24, 2.45) is 0 Å². The van der Waals surface area contributed by atoms with Crippen LogP contribution in [0.15, 0.2) is 33.9 Å². The van der Waals surface area contributed by atoms with E-state index in [0.29, 0.717) is 17.8 Å². The number of piperidine rings is 1. The molecule has 1 aliphatic carbocycles. The monoisotopic (exact) mass is 476 g/mol. The number of halogens is 1. The van der Waals surface area contributed by atoms with Crippen LogP contribution in [0.4, 0.5) is 0 Å². The van der Waals surface area contributed by atoms with E-state index in [4.69, 9.17) is 0 Å². The number of carbonyl (C=O) groups excluding carboxylic acids is 1. The van der Waals surface area contributed by atoms with Crippen molar-refractivity contribution >= 4 is 33.6 Å². The SMILES string of the molecule is CC1CCCCN1C(=O)CSc1nnc(-c2cccc(Br)c2)n1C1CCCCC1. The molecule has 2 heterocycles. The summed E-state index contributed by atoms with van der Waals surface area (Å²) in [5, 5.41) is 9.96. The quantitative estimate of drug-likeness (QED) is 0.518. The number of likely N-dealkylation sites (tertiary alicyclic amines) is 1. The van der Waals surface area contributed by atoms with Crippen LogP contribution >= 0.6 is 27.7 Å². The average Bonchev–Trinajstić information content (AvgIpc) is 3.17. The summed E-state index contributed by atoms with van der Waals surface area (Å²) >= 11 is 5.12. The molecule has 4 rings (SSSR count). The zero-order chi connectivity index (χ0) is 20.2. The van der Waals surface area contributed by atoms with Gasteiger partial charge in [0, 0.05) is 28.7 Å². The third kappa shape index (κ3) is 4.88. The molecule has 1 saturated carbocycles. The van der Waals surface area contributed by atoms with Gasteiger partial charge in [-0.1, -0.05) is 59.1 Å². The first-order chi connectivity index (χ1) is 14.1. The number of hydrogen-bond donors (Lipinski definition) is 0. The van der Waals surface area contributed by atoms with Crippen LogP contribution in [0, 0.1) is 0 Å². The minimum Gasteiger partial charge on any atom is -0.339 e. The molecule has 1 atom stereocenters. The Hall–Kier alpha value is -1.34. The van der Waals surface area contributed by atoms with Crippen molar-refractivity contribution in [3.05, 3.63) is 28.7 Å². The molecule has 0 bridgehead atoms. The van der Waals surface area contributed by atoms with Crippen molar-refractivity contribution in [3.8, 4) is 11.4 Å². The van der Waals surface area contributed by atoms with Gasteiger partial charge in [-0.05, 0) is 51.2 Å². The van der Waals surface area contributed by atoms with E-state index in [1.54, 1.807) is 11.8 Å². The molecular weight excluding hydrogens is 448 g/mol. The fraction of sp³-hybridized carbons (Fsp3) is 0.591. The molecule has 2 fully saturated rings. The molecule has 1 amide bonds. The van der Waals surface area contributed by atoms with Crippen LogP contribution in [0.2, 0.25) is 0 Å². The van der Waals surface area contributed by atoms with Gasteiger partial charge in [-0.3, -0.25) is 9.36 Å². The van der Waals surface area contributed by atoms with Gasteiger partial charge in [0.2, 0.25) is 5.91 Å². The Bertz CT molecular complexity index is 849. The van der Waals surface area contributed by atoms with Gasteiger partial charge in [-0.25, -0.2) is 0 Å². The number of aromatic nitrogens is 3. The second-order valence-electron chi connectivity index (χ2n) is 8.20. The zero-order valence-corrected chi connectivity index (χ0v) is 19.4. The summed E-state index contributed by atoms with van der Waals surface area (Å²) < 4.78 is 3.34. The Kier molecular flexibility index (Phi) is 6.96. The second kappa shape index (κ2) is 9.65. The van der Waals surface area contributed by atoms with E-state index < -0.39 is 0 Å². The van der Waals surface area contributed by atoms with Gasteiger partial charge in [0.05, 0.1) is 5.75 Å². The minimum absolute atomic E-state index is 0.226. The number of rotatable bonds is 5. The smallest absolute Gasteiger partial charge is 0.233 e. The summed E-state index contributed by atoms with van der Waals surface area (Å²) in [6.45, 7) is 3.05. The van der Waals surface area contributed by atoms with Gasteiger partial charge >= 0.3 is 0 Å². The lowest BCUT2D eigenvalue weighted by molar-refractivity contribution is -0.131. The van der Waals surface area contributed by atoms with Crippen molar-refractivity contribution in [2.45, 2.75) is 75.5 Å². The molecule has 5 nitrogen and oxygen atoms in total. The second-order valence-corrected chi connectivity index (χ2v) is 10.1. The van der Waals surface area contributed by atoms with Crippen LogP contribution in [-0.2, 0) is 4.79 Å². The van der Waals surface area contributed by atoms with Crippen molar-refractivity contribution in [1.82, 2.24) is 19.7 Å². The van der Waals surface area contributed by atoms with Crippen molar-refractivity contribution in [1.29, 1.82) is 0 Å². The van der Waals surface area contributed by atoms with Crippen LogP contribution < -0.4 is 0 Å². The number of amides is 1. The molecule has 1 aromatic heterocycles. The first-order valence-corrected chi connectivity index (χ1v) is 12.5. The third-order valence-corrected chi connectivity index (χ3v) is 7.56. The Labute approximate surface area is 185 Å². The van der Waals surface area contributed by atoms with Crippen LogP contribution in [0.5, 0.6) is 0 Å². The zero-order valence-electron chi connectivity index (χ0n) is 17.0. The van der Waals surface area contributed by atoms with Gasteiger partial charge in [0.25, 0.3) is 0 Å². The highest BCUT2D eigenvalue weighted by Gasteiger charge is 2.27. The van der Waals surface area contributed by atoms with E-state index in [0.717, 1.165) is 53.2 Å². The summed E-state index contributed by atoms with van der Waals surface area (Å²) in [6.07, 6.45) is 9.56. The highest BCUT2D eigenvalue weighted by Crippen LogP contribution is 2.36. The number of hydrogen-bond acceptors (Lipinski definition) is 4. The van der Waals surface area contributed by atoms with Crippen LogP contribution in [0.1, 0.15) is 64.3 Å². The predicted octanol–water partition coefficient (Wildman–Crippen LogP) is 5.71. The van der Waals surface area contributed by atoms with E-state index in [2.05, 4.69) is 49.8 Å². The topological polar surface area (TPSA) is 51.0 Å². The highest BCUT2D eigenvalue weighted by atomic mass is 79.9. The van der Waals surface area contributed by atoms with Crippen molar-refractivity contribution in [2.75, 3.05) is 12.3 Å². The van der Waals surface area contributed by atoms with Crippen molar-refractivity contribution < 1.29 is 4.79 Å². The molecule has 0 spiro atoms. The normalized spacial score (nSPS) is 20.8. The lowest BCUT2D eigenvalue weighted by Crippen LogP contribution is -2.43. The van der Waals surface area contributed by atoms with Crippen molar-refractivity contribution in [3.63, 3.8) is 0 Å². The maximum Gasteiger partial charge on any atom is 0.233 e. The fourth-order valence-corrected chi connectivity index (χ4v) is 5.84. The Balaban J connectivity index is 1.56. The Morgan fingerprint density at radius 2 is 1.93 bits per heavy atom. The average molecular weight is 477 g/mol. The van der Waals surface area contributed by atoms with E-state index in [1.165, 1.54) is 25.7 Å². The van der Waals surface area contributed by atoms with E-state index >= 15 is 0 Å². The Morgan fingerprint density at radius 3 is 2.69 bits per heavy atom. The molecule has 1 aliphatic heterocycles. The van der Waals surface area contributed by atoms with E-state index in [-0.39, 0.29) is 5.91 Å². The van der Waals surface area contributed by atoms with Gasteiger partial charge in [-0.15, -0.1) is 10.2 Å². The lowest BCUT2D eigenvalue weighted by atomic mass is 9.95. The minimum atomic E-state index is 0.226. The maximum atomic E-state index is 12.8. The molecule has 29 heavy (non-hydrogen) atoms. The molecular formula is C22H29BrN4OS. The molecule has 1 saturated heterocycles. The number of benzene rings is 1. The molecule has 156 valence electrons. The lowest BCUT2D eigenvalue weighted by Gasteiger charge is -2.33. The summed E-state index contributed by atoms with van der Waals surface area (Å²) in [5.74, 6) is 1.58. The number of nitrogens with zero attached hydrogens (tertiary/aromatic N) is 4. The first kappa shape index (κ1) is 20.9. The number of thioether (sulfide) groups is 1. The number of carbonyl (C=O) groups is 1. The van der Waals surface area contributed by atoms with Crippen LogP contribution in [0.3, 0.4) is 0 Å². The molecule has 1 aromatic carbocycles. The third-order valence-electron chi connectivity index (χ3n) is 6.14. The molecule has 2 aromatic rings. The highest BCUT2D eigenvalue weighted by molar-refractivity contribution is 9.10. The van der Waals surface area contributed by atoms with Gasteiger partial charge < -0.3 is 4.90 Å².